The molecular weight excluding hydrogens is 373 g/mol. The number of rotatable bonds is 4. The zero-order valence-corrected chi connectivity index (χ0v) is 15.3. The van der Waals surface area contributed by atoms with E-state index >= 15 is 0 Å². The molecule has 140 valence electrons. The summed E-state index contributed by atoms with van der Waals surface area (Å²) >= 11 is 5.84. The quantitative estimate of drug-likeness (QED) is 0.680. The van der Waals surface area contributed by atoms with Gasteiger partial charge in [0.05, 0.1) is 25.1 Å². The highest BCUT2D eigenvalue weighted by molar-refractivity contribution is 6.30. The van der Waals surface area contributed by atoms with Gasteiger partial charge in [0.15, 0.2) is 0 Å². The zero-order chi connectivity index (χ0) is 19.0. The molecule has 2 atom stereocenters. The fraction of sp³-hybridized carbons (Fsp3) is 0.353. The van der Waals surface area contributed by atoms with Gasteiger partial charge in [-0.1, -0.05) is 16.8 Å². The molecule has 1 fully saturated rings. The van der Waals surface area contributed by atoms with Crippen LogP contribution in [0.5, 0.6) is 0 Å². The Hall–Kier alpha value is -2.81. The van der Waals surface area contributed by atoms with Crippen molar-refractivity contribution >= 4 is 17.4 Å². The molecule has 10 heteroatoms. The van der Waals surface area contributed by atoms with Gasteiger partial charge in [-0.05, 0) is 19.4 Å². The third-order valence-corrected chi connectivity index (χ3v) is 4.78. The molecule has 4 heterocycles. The fourth-order valence-corrected chi connectivity index (χ4v) is 3.19. The first-order valence-corrected chi connectivity index (χ1v) is 8.90. The Bertz CT molecular complexity index is 1020. The molecule has 0 N–H and O–H groups in total. The van der Waals surface area contributed by atoms with Crippen molar-refractivity contribution < 1.29 is 4.39 Å². The molecule has 0 bridgehead atoms. The molecule has 0 saturated carbocycles. The first-order chi connectivity index (χ1) is 13.0. The van der Waals surface area contributed by atoms with Gasteiger partial charge in [0.2, 0.25) is 0 Å². The van der Waals surface area contributed by atoms with Crippen LogP contribution >= 0.6 is 11.6 Å². The topological polar surface area (TPSA) is 81.7 Å². The van der Waals surface area contributed by atoms with Crippen LogP contribution in [-0.2, 0) is 0 Å². The van der Waals surface area contributed by atoms with E-state index in [4.69, 9.17) is 11.6 Å². The maximum absolute atomic E-state index is 13.4. The van der Waals surface area contributed by atoms with E-state index in [0.29, 0.717) is 41.7 Å². The van der Waals surface area contributed by atoms with Crippen molar-refractivity contribution in [1.82, 2.24) is 29.5 Å². The molecule has 1 unspecified atom stereocenters. The first-order valence-electron chi connectivity index (χ1n) is 8.52. The van der Waals surface area contributed by atoms with Crippen molar-refractivity contribution in [3.63, 3.8) is 0 Å². The van der Waals surface area contributed by atoms with Crippen LogP contribution < -0.4 is 10.5 Å². The summed E-state index contributed by atoms with van der Waals surface area (Å²) in [6, 6.07) is 2.99. The van der Waals surface area contributed by atoms with E-state index in [1.807, 2.05) is 11.8 Å². The van der Waals surface area contributed by atoms with E-state index in [9.17, 15) is 9.18 Å². The van der Waals surface area contributed by atoms with Crippen molar-refractivity contribution in [2.75, 3.05) is 18.0 Å². The average Bonchev–Trinajstić information content (AvgIpc) is 3.31. The lowest BCUT2D eigenvalue weighted by molar-refractivity contribution is 0.364. The summed E-state index contributed by atoms with van der Waals surface area (Å²) < 4.78 is 16.5. The highest BCUT2D eigenvalue weighted by atomic mass is 35.5. The Morgan fingerprint density at radius 3 is 2.93 bits per heavy atom. The Morgan fingerprint density at radius 2 is 2.19 bits per heavy atom. The van der Waals surface area contributed by atoms with Crippen LogP contribution in [0.15, 0.2) is 41.7 Å². The maximum Gasteiger partial charge on any atom is 0.253 e. The number of aromatic nitrogens is 6. The molecule has 4 rings (SSSR count). The number of halogens is 2. The van der Waals surface area contributed by atoms with E-state index in [-0.39, 0.29) is 5.56 Å². The van der Waals surface area contributed by atoms with Crippen molar-refractivity contribution in [3.8, 4) is 11.4 Å². The van der Waals surface area contributed by atoms with Gasteiger partial charge in [0.1, 0.15) is 29.5 Å². The van der Waals surface area contributed by atoms with Crippen LogP contribution in [0.1, 0.15) is 19.5 Å². The molecule has 3 aromatic rings. The van der Waals surface area contributed by atoms with Crippen LogP contribution in [-0.4, -0.2) is 48.8 Å². The van der Waals surface area contributed by atoms with E-state index in [0.717, 1.165) is 0 Å². The summed E-state index contributed by atoms with van der Waals surface area (Å²) in [5.74, 6) is 0.615. The van der Waals surface area contributed by atoms with E-state index < -0.39 is 12.3 Å². The van der Waals surface area contributed by atoms with Crippen LogP contribution in [0.25, 0.3) is 11.4 Å². The van der Waals surface area contributed by atoms with Gasteiger partial charge < -0.3 is 4.90 Å². The third-order valence-electron chi connectivity index (χ3n) is 4.54. The van der Waals surface area contributed by atoms with Crippen LogP contribution in [0.4, 0.5) is 10.2 Å². The van der Waals surface area contributed by atoms with Gasteiger partial charge in [0.25, 0.3) is 5.56 Å². The molecule has 0 spiro atoms. The predicted molar refractivity (Wildman–Crippen MR) is 98.6 cm³/mol. The summed E-state index contributed by atoms with van der Waals surface area (Å²) in [4.78, 5) is 22.7. The number of hydrogen-bond acceptors (Lipinski definition) is 6. The molecule has 0 radical (unpaired) electrons. The highest BCUT2D eigenvalue weighted by Crippen LogP contribution is 2.22. The van der Waals surface area contributed by atoms with Crippen LogP contribution in [0.3, 0.4) is 0 Å². The highest BCUT2D eigenvalue weighted by Gasteiger charge is 2.23. The Labute approximate surface area is 159 Å². The molecule has 1 aliphatic heterocycles. The maximum atomic E-state index is 13.4. The molecule has 1 aliphatic rings. The summed E-state index contributed by atoms with van der Waals surface area (Å²) in [6.07, 6.45) is 5.77. The Kier molecular flexibility index (Phi) is 4.61. The minimum absolute atomic E-state index is 0.233. The lowest BCUT2D eigenvalue weighted by atomic mass is 10.3. The van der Waals surface area contributed by atoms with Crippen molar-refractivity contribution in [2.45, 2.75) is 25.7 Å². The summed E-state index contributed by atoms with van der Waals surface area (Å²) in [5, 5.41) is 8.63. The molecule has 3 aromatic heterocycles. The summed E-state index contributed by atoms with van der Waals surface area (Å²) in [7, 11) is 0. The minimum Gasteiger partial charge on any atom is -0.352 e. The average molecular weight is 390 g/mol. The fourth-order valence-electron chi connectivity index (χ4n) is 3.04. The Morgan fingerprint density at radius 1 is 1.33 bits per heavy atom. The number of anilines is 1. The summed E-state index contributed by atoms with van der Waals surface area (Å²) in [5.41, 5.74) is 0.828. The number of alkyl halides is 1. The number of hydrogen-bond donors (Lipinski definition) is 0. The third kappa shape index (κ3) is 3.55. The van der Waals surface area contributed by atoms with Gasteiger partial charge in [-0.25, -0.2) is 14.1 Å². The standard InChI is InChI=1S/C17H17ClFN7O/c1-11(25-5-2-12(18)6-17(25)27)26-10-15(22-23-26)14-7-20-8-16(21-14)24-4-3-13(19)9-24/h2,5-8,10-11,13H,3-4,9H2,1H3/t11?,13-/m1/s1. The predicted octanol–water partition coefficient (Wildman–Crippen LogP) is 2.17. The van der Waals surface area contributed by atoms with E-state index in [2.05, 4.69) is 20.3 Å². The van der Waals surface area contributed by atoms with Gasteiger partial charge in [-0.2, -0.15) is 0 Å². The number of nitrogens with zero attached hydrogens (tertiary/aromatic N) is 7. The normalized spacial score (nSPS) is 18.0. The van der Waals surface area contributed by atoms with Crippen molar-refractivity contribution in [1.29, 1.82) is 0 Å². The monoisotopic (exact) mass is 389 g/mol. The smallest absolute Gasteiger partial charge is 0.253 e. The molecule has 8 nitrogen and oxygen atoms in total. The second kappa shape index (κ2) is 7.07. The SMILES string of the molecule is CC(n1cc(-c2cncc(N3CC[C@@H](F)C3)n2)nn1)n1ccc(Cl)cc1=O. The molecule has 0 aromatic carbocycles. The van der Waals surface area contributed by atoms with E-state index in [1.54, 1.807) is 35.5 Å². The minimum atomic E-state index is -0.838. The summed E-state index contributed by atoms with van der Waals surface area (Å²) in [6.45, 7) is 2.76. The lowest BCUT2D eigenvalue weighted by Gasteiger charge is -2.16. The molecule has 1 saturated heterocycles. The van der Waals surface area contributed by atoms with Gasteiger partial charge >= 0.3 is 0 Å². The second-order valence-corrected chi connectivity index (χ2v) is 6.84. The molecular formula is C17H17ClFN7O. The van der Waals surface area contributed by atoms with Gasteiger partial charge in [-0.3, -0.25) is 14.3 Å². The number of pyridine rings is 1. The molecule has 0 aliphatic carbocycles. The Balaban J connectivity index is 1.60. The second-order valence-electron chi connectivity index (χ2n) is 6.40. The van der Waals surface area contributed by atoms with E-state index in [1.165, 1.54) is 10.6 Å². The molecule has 0 amide bonds. The first kappa shape index (κ1) is 17.6. The van der Waals surface area contributed by atoms with Gasteiger partial charge in [0, 0.05) is 23.8 Å². The zero-order valence-electron chi connectivity index (χ0n) is 14.5. The van der Waals surface area contributed by atoms with Crippen molar-refractivity contribution in [3.05, 3.63) is 52.3 Å². The van der Waals surface area contributed by atoms with Crippen LogP contribution in [0.2, 0.25) is 5.02 Å². The van der Waals surface area contributed by atoms with Crippen molar-refractivity contribution in [2.24, 2.45) is 0 Å². The molecule has 27 heavy (non-hydrogen) atoms. The van der Waals surface area contributed by atoms with Gasteiger partial charge in [-0.15, -0.1) is 5.10 Å². The lowest BCUT2D eigenvalue weighted by Crippen LogP contribution is -2.26. The van der Waals surface area contributed by atoms with Crippen LogP contribution in [0, 0.1) is 0 Å². The largest absolute Gasteiger partial charge is 0.352 e.